The molecule has 0 bridgehead atoms. The number of benzene rings is 1. The molecule has 0 saturated carbocycles. The van der Waals surface area contributed by atoms with Crippen molar-refractivity contribution in [2.75, 3.05) is 0 Å². The number of rotatable bonds is 2. The molecule has 3 aromatic heterocycles. The first kappa shape index (κ1) is 13.2. The summed E-state index contributed by atoms with van der Waals surface area (Å²) in [6.07, 6.45) is 3.34. The average Bonchev–Trinajstić information content (AvgIpc) is 3.20. The molecular formula is C15H8ClN3O2S. The Kier molecular flexibility index (Phi) is 3.06. The molecule has 0 unspecified atom stereocenters. The van der Waals surface area contributed by atoms with Gasteiger partial charge in [0, 0.05) is 5.02 Å². The van der Waals surface area contributed by atoms with E-state index in [-0.39, 0.29) is 5.56 Å². The lowest BCUT2D eigenvalue weighted by molar-refractivity contribution is 0.577. The van der Waals surface area contributed by atoms with Gasteiger partial charge in [0.05, 0.1) is 10.8 Å². The van der Waals surface area contributed by atoms with Gasteiger partial charge in [-0.05, 0) is 35.9 Å². The molecule has 0 aliphatic heterocycles. The van der Waals surface area contributed by atoms with Gasteiger partial charge in [-0.1, -0.05) is 35.1 Å². The molecule has 1 aromatic carbocycles. The van der Waals surface area contributed by atoms with Gasteiger partial charge in [-0.3, -0.25) is 4.79 Å². The van der Waals surface area contributed by atoms with E-state index in [1.165, 1.54) is 15.9 Å². The molecule has 22 heavy (non-hydrogen) atoms. The number of furan rings is 1. The lowest BCUT2D eigenvalue weighted by Gasteiger charge is -1.91. The molecule has 3 heterocycles. The molecule has 0 radical (unpaired) electrons. The van der Waals surface area contributed by atoms with Gasteiger partial charge < -0.3 is 4.42 Å². The first-order valence-electron chi connectivity index (χ1n) is 6.41. The van der Waals surface area contributed by atoms with Crippen LogP contribution < -0.4 is 10.1 Å². The summed E-state index contributed by atoms with van der Waals surface area (Å²) in [7, 11) is 0. The fraction of sp³-hybridized carbons (Fsp3) is 0. The van der Waals surface area contributed by atoms with Crippen LogP contribution in [0.4, 0.5) is 0 Å². The van der Waals surface area contributed by atoms with Crippen LogP contribution >= 0.6 is 22.9 Å². The number of hydrogen-bond acceptors (Lipinski definition) is 5. The van der Waals surface area contributed by atoms with Gasteiger partial charge >= 0.3 is 0 Å². The summed E-state index contributed by atoms with van der Waals surface area (Å²) in [5, 5.41) is 4.86. The van der Waals surface area contributed by atoms with Crippen LogP contribution in [-0.2, 0) is 0 Å². The molecule has 0 fully saturated rings. The summed E-state index contributed by atoms with van der Waals surface area (Å²) in [6, 6.07) is 10.8. The zero-order chi connectivity index (χ0) is 15.1. The average molecular weight is 330 g/mol. The number of aromatic nitrogens is 3. The third kappa shape index (κ3) is 2.22. The van der Waals surface area contributed by atoms with Crippen molar-refractivity contribution in [3.63, 3.8) is 0 Å². The van der Waals surface area contributed by atoms with Gasteiger partial charge in [0.1, 0.15) is 0 Å². The Hall–Kier alpha value is -2.44. The van der Waals surface area contributed by atoms with Crippen LogP contribution in [0, 0.1) is 0 Å². The summed E-state index contributed by atoms with van der Waals surface area (Å²) < 4.78 is 7.11. The van der Waals surface area contributed by atoms with E-state index in [4.69, 9.17) is 16.0 Å². The molecule has 4 rings (SSSR count). The first-order valence-corrected chi connectivity index (χ1v) is 7.61. The summed E-state index contributed by atoms with van der Waals surface area (Å²) in [5.74, 6) is 0.949. The van der Waals surface area contributed by atoms with E-state index in [0.29, 0.717) is 26.1 Å². The Morgan fingerprint density at radius 1 is 1.23 bits per heavy atom. The minimum atomic E-state index is -0.194. The fourth-order valence-corrected chi connectivity index (χ4v) is 3.09. The molecular weight excluding hydrogens is 322 g/mol. The number of hydrogen-bond donors (Lipinski definition) is 0. The maximum atomic E-state index is 12.4. The van der Waals surface area contributed by atoms with E-state index >= 15 is 0 Å². The van der Waals surface area contributed by atoms with Crippen molar-refractivity contribution in [1.82, 2.24) is 14.6 Å². The van der Waals surface area contributed by atoms with Crippen molar-refractivity contribution in [1.29, 1.82) is 0 Å². The van der Waals surface area contributed by atoms with Crippen LogP contribution in [0.3, 0.4) is 0 Å². The standard InChI is InChI=1S/C15H8ClN3O2S/c16-10-5-3-9(4-6-10)8-12-14(20)19-15(22-12)17-13(18-19)11-2-1-7-21-11/h1-8H. The van der Waals surface area contributed by atoms with Crippen LogP contribution in [0.5, 0.6) is 0 Å². The lowest BCUT2D eigenvalue weighted by Crippen LogP contribution is -2.23. The maximum Gasteiger partial charge on any atom is 0.291 e. The van der Waals surface area contributed by atoms with Crippen molar-refractivity contribution in [2.24, 2.45) is 0 Å². The maximum absolute atomic E-state index is 12.4. The van der Waals surface area contributed by atoms with E-state index < -0.39 is 0 Å². The van der Waals surface area contributed by atoms with E-state index in [0.717, 1.165) is 5.56 Å². The predicted octanol–water partition coefficient (Wildman–Crippen LogP) is 2.61. The van der Waals surface area contributed by atoms with Crippen molar-refractivity contribution in [3.05, 3.63) is 68.1 Å². The number of nitrogens with zero attached hydrogens (tertiary/aromatic N) is 3. The zero-order valence-corrected chi connectivity index (χ0v) is 12.6. The Balaban J connectivity index is 1.84. The molecule has 4 aromatic rings. The predicted molar refractivity (Wildman–Crippen MR) is 85.1 cm³/mol. The summed E-state index contributed by atoms with van der Waals surface area (Å²) in [4.78, 5) is 17.2. The number of halogens is 1. The van der Waals surface area contributed by atoms with Crippen molar-refractivity contribution < 1.29 is 4.42 Å². The Bertz CT molecular complexity index is 1050. The summed E-state index contributed by atoms with van der Waals surface area (Å²) >= 11 is 7.14. The third-order valence-electron chi connectivity index (χ3n) is 3.09. The zero-order valence-electron chi connectivity index (χ0n) is 11.1. The van der Waals surface area contributed by atoms with Crippen LogP contribution in [0.2, 0.25) is 5.02 Å². The normalized spacial score (nSPS) is 12.3. The Morgan fingerprint density at radius 2 is 2.05 bits per heavy atom. The van der Waals surface area contributed by atoms with E-state index in [2.05, 4.69) is 10.1 Å². The monoisotopic (exact) mass is 329 g/mol. The molecule has 0 aliphatic rings. The fourth-order valence-electron chi connectivity index (χ4n) is 2.05. The first-order chi connectivity index (χ1) is 10.7. The van der Waals surface area contributed by atoms with Gasteiger partial charge in [-0.15, -0.1) is 5.10 Å². The van der Waals surface area contributed by atoms with Crippen LogP contribution in [0.25, 0.3) is 22.6 Å². The highest BCUT2D eigenvalue weighted by Gasteiger charge is 2.13. The Labute approximate surface area is 133 Å². The van der Waals surface area contributed by atoms with Crippen LogP contribution in [0.15, 0.2) is 51.9 Å². The minimum Gasteiger partial charge on any atom is -0.461 e. The molecule has 108 valence electrons. The third-order valence-corrected chi connectivity index (χ3v) is 4.30. The highest BCUT2D eigenvalue weighted by atomic mass is 35.5. The van der Waals surface area contributed by atoms with E-state index in [9.17, 15) is 4.79 Å². The van der Waals surface area contributed by atoms with Crippen molar-refractivity contribution in [2.45, 2.75) is 0 Å². The lowest BCUT2D eigenvalue weighted by atomic mass is 10.2. The molecule has 0 aliphatic carbocycles. The number of fused-ring (bicyclic) bond motifs is 1. The number of thiazole rings is 1. The molecule has 0 atom stereocenters. The topological polar surface area (TPSA) is 60.4 Å². The summed E-state index contributed by atoms with van der Waals surface area (Å²) in [6.45, 7) is 0. The van der Waals surface area contributed by atoms with Gasteiger partial charge in [0.25, 0.3) is 5.56 Å². The van der Waals surface area contributed by atoms with Crippen molar-refractivity contribution in [3.8, 4) is 11.6 Å². The Morgan fingerprint density at radius 3 is 2.73 bits per heavy atom. The molecule has 0 amide bonds. The highest BCUT2D eigenvalue weighted by molar-refractivity contribution is 7.15. The van der Waals surface area contributed by atoms with E-state index in [1.54, 1.807) is 36.6 Å². The molecule has 0 N–H and O–H groups in total. The summed E-state index contributed by atoms with van der Waals surface area (Å²) in [5.41, 5.74) is 0.706. The second-order valence-corrected chi connectivity index (χ2v) is 6.02. The largest absolute Gasteiger partial charge is 0.461 e. The van der Waals surface area contributed by atoms with Crippen molar-refractivity contribution >= 4 is 34.0 Å². The van der Waals surface area contributed by atoms with Gasteiger partial charge in [0.2, 0.25) is 10.8 Å². The quantitative estimate of drug-likeness (QED) is 0.567. The molecule has 5 nitrogen and oxygen atoms in total. The van der Waals surface area contributed by atoms with Gasteiger partial charge in [0.15, 0.2) is 5.76 Å². The highest BCUT2D eigenvalue weighted by Crippen LogP contribution is 2.16. The van der Waals surface area contributed by atoms with Crippen LogP contribution in [-0.4, -0.2) is 14.6 Å². The van der Waals surface area contributed by atoms with Gasteiger partial charge in [-0.2, -0.15) is 9.50 Å². The van der Waals surface area contributed by atoms with Crippen LogP contribution in [0.1, 0.15) is 5.56 Å². The SMILES string of the molecule is O=c1c(=Cc2ccc(Cl)cc2)sc2nc(-c3ccco3)nn12. The second-order valence-electron chi connectivity index (χ2n) is 4.57. The van der Waals surface area contributed by atoms with Gasteiger partial charge in [-0.25, -0.2) is 0 Å². The molecule has 7 heteroatoms. The second kappa shape index (κ2) is 5.08. The smallest absolute Gasteiger partial charge is 0.291 e. The minimum absolute atomic E-state index is 0.194. The molecule has 0 saturated heterocycles. The molecule has 0 spiro atoms. The van der Waals surface area contributed by atoms with E-state index in [1.807, 2.05) is 12.1 Å².